The van der Waals surface area contributed by atoms with Gasteiger partial charge in [0.15, 0.2) is 5.69 Å². The van der Waals surface area contributed by atoms with Crippen LogP contribution in [0.2, 0.25) is 0 Å². The van der Waals surface area contributed by atoms with Gasteiger partial charge < -0.3 is 0 Å². The van der Waals surface area contributed by atoms with Crippen LogP contribution in [-0.4, -0.2) is 21.6 Å². The molecule has 2 aromatic rings. The van der Waals surface area contributed by atoms with Crippen LogP contribution < -0.4 is 16.4 Å². The van der Waals surface area contributed by atoms with E-state index in [0.29, 0.717) is 17.3 Å². The highest BCUT2D eigenvalue weighted by Crippen LogP contribution is 2.12. The fourth-order valence-corrected chi connectivity index (χ4v) is 1.82. The fraction of sp³-hybridized carbons (Fsp3) is 0.231. The van der Waals surface area contributed by atoms with E-state index in [1.165, 1.54) is 11.6 Å². The van der Waals surface area contributed by atoms with Crippen molar-refractivity contribution in [1.29, 1.82) is 0 Å². The Kier molecular flexibility index (Phi) is 3.79. The SMILES string of the molecule is CCn1nc(C(=O)NNC(C)=O)c2ccccc2c1=O. The van der Waals surface area contributed by atoms with Gasteiger partial charge >= 0.3 is 0 Å². The van der Waals surface area contributed by atoms with Crippen molar-refractivity contribution >= 4 is 22.6 Å². The third-order valence-electron chi connectivity index (χ3n) is 2.73. The average molecular weight is 274 g/mol. The predicted octanol–water partition coefficient (Wildman–Crippen LogP) is 0.197. The van der Waals surface area contributed by atoms with E-state index < -0.39 is 11.8 Å². The molecule has 0 fully saturated rings. The zero-order valence-corrected chi connectivity index (χ0v) is 11.1. The molecule has 0 unspecified atom stereocenters. The molecule has 0 aliphatic rings. The molecule has 2 amide bonds. The number of rotatable bonds is 2. The van der Waals surface area contributed by atoms with Gasteiger partial charge in [0.25, 0.3) is 11.5 Å². The van der Waals surface area contributed by atoms with Crippen molar-refractivity contribution in [2.75, 3.05) is 0 Å². The first-order chi connectivity index (χ1) is 9.54. The molecular formula is C13H14N4O3. The van der Waals surface area contributed by atoms with Gasteiger partial charge in [-0.15, -0.1) is 0 Å². The first kappa shape index (κ1) is 13.7. The third kappa shape index (κ3) is 2.51. The van der Waals surface area contributed by atoms with Gasteiger partial charge in [0.05, 0.1) is 5.39 Å². The number of nitrogens with zero attached hydrogens (tertiary/aromatic N) is 2. The second-order valence-corrected chi connectivity index (χ2v) is 4.15. The summed E-state index contributed by atoms with van der Waals surface area (Å²) in [4.78, 5) is 35.0. The summed E-state index contributed by atoms with van der Waals surface area (Å²) in [5, 5.41) is 4.90. The number of amides is 2. The number of hydrogen-bond acceptors (Lipinski definition) is 4. The molecule has 0 aliphatic carbocycles. The molecule has 1 aromatic heterocycles. The topological polar surface area (TPSA) is 93.1 Å². The van der Waals surface area contributed by atoms with Crippen molar-refractivity contribution < 1.29 is 9.59 Å². The van der Waals surface area contributed by atoms with Gasteiger partial charge in [0, 0.05) is 18.9 Å². The Bertz CT molecular complexity index is 736. The summed E-state index contributed by atoms with van der Waals surface area (Å²) in [6.07, 6.45) is 0. The molecule has 1 heterocycles. The molecule has 7 heteroatoms. The van der Waals surface area contributed by atoms with Crippen molar-refractivity contribution in [1.82, 2.24) is 20.6 Å². The molecule has 7 nitrogen and oxygen atoms in total. The van der Waals surface area contributed by atoms with Gasteiger partial charge in [-0.1, -0.05) is 18.2 Å². The van der Waals surface area contributed by atoms with E-state index in [2.05, 4.69) is 16.0 Å². The van der Waals surface area contributed by atoms with Crippen LogP contribution in [0, 0.1) is 0 Å². The Hall–Kier alpha value is -2.70. The minimum absolute atomic E-state index is 0.0933. The predicted molar refractivity (Wildman–Crippen MR) is 73.0 cm³/mol. The minimum Gasteiger partial charge on any atom is -0.274 e. The van der Waals surface area contributed by atoms with E-state index >= 15 is 0 Å². The molecule has 0 radical (unpaired) electrons. The molecule has 0 bridgehead atoms. The second-order valence-electron chi connectivity index (χ2n) is 4.15. The van der Waals surface area contributed by atoms with E-state index in [-0.39, 0.29) is 11.3 Å². The Balaban J connectivity index is 2.57. The molecule has 0 saturated carbocycles. The lowest BCUT2D eigenvalue weighted by Crippen LogP contribution is -2.41. The summed E-state index contributed by atoms with van der Waals surface area (Å²) in [6.45, 7) is 3.39. The number of aryl methyl sites for hydroxylation is 1. The lowest BCUT2D eigenvalue weighted by molar-refractivity contribution is -0.119. The zero-order chi connectivity index (χ0) is 14.7. The molecule has 2 rings (SSSR count). The molecule has 0 spiro atoms. The summed E-state index contributed by atoms with van der Waals surface area (Å²) in [6, 6.07) is 6.72. The maximum Gasteiger partial charge on any atom is 0.290 e. The van der Waals surface area contributed by atoms with Crippen LogP contribution in [0.3, 0.4) is 0 Å². The molecule has 2 N–H and O–H groups in total. The van der Waals surface area contributed by atoms with Crippen molar-refractivity contribution in [3.63, 3.8) is 0 Å². The van der Waals surface area contributed by atoms with Crippen LogP contribution in [0.15, 0.2) is 29.1 Å². The maximum absolute atomic E-state index is 12.1. The molecule has 0 aliphatic heterocycles. The van der Waals surface area contributed by atoms with Gasteiger partial charge in [-0.2, -0.15) is 5.10 Å². The Morgan fingerprint density at radius 1 is 1.20 bits per heavy atom. The second kappa shape index (κ2) is 5.52. The summed E-state index contributed by atoms with van der Waals surface area (Å²) >= 11 is 0. The van der Waals surface area contributed by atoms with Crippen LogP contribution >= 0.6 is 0 Å². The van der Waals surface area contributed by atoms with Gasteiger partial charge in [-0.25, -0.2) is 4.68 Å². The van der Waals surface area contributed by atoms with E-state index in [1.54, 1.807) is 31.2 Å². The van der Waals surface area contributed by atoms with E-state index in [9.17, 15) is 14.4 Å². The van der Waals surface area contributed by atoms with Crippen LogP contribution in [-0.2, 0) is 11.3 Å². The van der Waals surface area contributed by atoms with Crippen LogP contribution in [0.1, 0.15) is 24.3 Å². The number of carbonyl (C=O) groups is 2. The fourth-order valence-electron chi connectivity index (χ4n) is 1.82. The number of aromatic nitrogens is 2. The first-order valence-electron chi connectivity index (χ1n) is 6.11. The standard InChI is InChI=1S/C13H14N4O3/c1-3-17-13(20)10-7-5-4-6-9(10)11(16-17)12(19)15-14-8(2)18/h4-7H,3H2,1-2H3,(H,14,18)(H,15,19). The van der Waals surface area contributed by atoms with E-state index in [1.807, 2.05) is 0 Å². The number of nitrogens with one attached hydrogen (secondary N) is 2. The molecule has 1 aromatic carbocycles. The van der Waals surface area contributed by atoms with Gasteiger partial charge in [0.1, 0.15) is 0 Å². The number of hydrazine groups is 1. The molecule has 104 valence electrons. The lowest BCUT2D eigenvalue weighted by Gasteiger charge is -2.10. The largest absolute Gasteiger partial charge is 0.290 e. The third-order valence-corrected chi connectivity index (χ3v) is 2.73. The Labute approximate surface area is 114 Å². The Morgan fingerprint density at radius 2 is 1.85 bits per heavy atom. The summed E-state index contributed by atoms with van der Waals surface area (Å²) in [5.74, 6) is -0.968. The van der Waals surface area contributed by atoms with Crippen LogP contribution in [0.5, 0.6) is 0 Å². The quantitative estimate of drug-likeness (QED) is 0.765. The van der Waals surface area contributed by atoms with Crippen molar-refractivity contribution in [2.24, 2.45) is 0 Å². The number of hydrogen-bond donors (Lipinski definition) is 2. The summed E-state index contributed by atoms with van der Waals surface area (Å²) in [5.41, 5.74) is 4.28. The number of benzene rings is 1. The first-order valence-corrected chi connectivity index (χ1v) is 6.11. The zero-order valence-electron chi connectivity index (χ0n) is 11.1. The highest BCUT2D eigenvalue weighted by atomic mass is 16.2. The van der Waals surface area contributed by atoms with Crippen molar-refractivity contribution in [3.8, 4) is 0 Å². The number of carbonyl (C=O) groups excluding carboxylic acids is 2. The highest BCUT2D eigenvalue weighted by molar-refractivity contribution is 6.05. The molecule has 0 atom stereocenters. The van der Waals surface area contributed by atoms with Crippen LogP contribution in [0.4, 0.5) is 0 Å². The Morgan fingerprint density at radius 3 is 2.45 bits per heavy atom. The lowest BCUT2D eigenvalue weighted by atomic mass is 10.1. The average Bonchev–Trinajstić information content (AvgIpc) is 2.45. The van der Waals surface area contributed by atoms with E-state index in [0.717, 1.165) is 0 Å². The van der Waals surface area contributed by atoms with Gasteiger partial charge in [-0.05, 0) is 13.0 Å². The maximum atomic E-state index is 12.1. The molecule has 0 saturated heterocycles. The summed E-state index contributed by atoms with van der Waals surface area (Å²) < 4.78 is 1.21. The van der Waals surface area contributed by atoms with Crippen LogP contribution in [0.25, 0.3) is 10.8 Å². The monoisotopic (exact) mass is 274 g/mol. The smallest absolute Gasteiger partial charge is 0.274 e. The van der Waals surface area contributed by atoms with Crippen molar-refractivity contribution in [2.45, 2.75) is 20.4 Å². The van der Waals surface area contributed by atoms with Gasteiger partial charge in [0.2, 0.25) is 5.91 Å². The minimum atomic E-state index is -0.571. The van der Waals surface area contributed by atoms with E-state index in [4.69, 9.17) is 0 Å². The van der Waals surface area contributed by atoms with Crippen molar-refractivity contribution in [3.05, 3.63) is 40.3 Å². The normalized spacial score (nSPS) is 10.3. The number of fused-ring (bicyclic) bond motifs is 1. The summed E-state index contributed by atoms with van der Waals surface area (Å²) in [7, 11) is 0. The van der Waals surface area contributed by atoms with Gasteiger partial charge in [-0.3, -0.25) is 25.2 Å². The molecular weight excluding hydrogens is 260 g/mol. The molecule has 20 heavy (non-hydrogen) atoms. The highest BCUT2D eigenvalue weighted by Gasteiger charge is 2.16.